The quantitative estimate of drug-likeness (QED) is 0.695. The van der Waals surface area contributed by atoms with Crippen molar-refractivity contribution in [3.63, 3.8) is 0 Å². The van der Waals surface area contributed by atoms with Gasteiger partial charge in [0.05, 0.1) is 19.8 Å². The molecule has 1 aromatic heterocycles. The summed E-state index contributed by atoms with van der Waals surface area (Å²) in [5.41, 5.74) is 0.816. The van der Waals surface area contributed by atoms with Crippen LogP contribution in [0.3, 0.4) is 0 Å². The summed E-state index contributed by atoms with van der Waals surface area (Å²) in [5, 5.41) is 25.5. The van der Waals surface area contributed by atoms with Crippen LogP contribution in [0.4, 0.5) is 0 Å². The van der Waals surface area contributed by atoms with Gasteiger partial charge in [-0.2, -0.15) is 0 Å². The minimum atomic E-state index is -0.598. The average Bonchev–Trinajstić information content (AvgIpc) is 2.98. The van der Waals surface area contributed by atoms with Crippen molar-refractivity contribution < 1.29 is 9.84 Å². The Bertz CT molecular complexity index is 563. The van der Waals surface area contributed by atoms with Gasteiger partial charge in [0.1, 0.15) is 5.75 Å². The number of benzene rings is 1. The summed E-state index contributed by atoms with van der Waals surface area (Å²) in [5.74, 6) is 1.21. The molecule has 0 aliphatic carbocycles. The zero-order valence-corrected chi connectivity index (χ0v) is 12.9. The summed E-state index contributed by atoms with van der Waals surface area (Å²) >= 11 is 1.43. The van der Waals surface area contributed by atoms with Crippen LogP contribution in [0, 0.1) is 0 Å². The largest absolute Gasteiger partial charge is 0.497 e. The second-order valence-electron chi connectivity index (χ2n) is 4.39. The molecule has 1 heterocycles. The van der Waals surface area contributed by atoms with E-state index in [9.17, 15) is 5.11 Å². The maximum absolute atomic E-state index is 10.2. The molecule has 0 amide bonds. The SMILES string of the molecule is CNCCn1nnnc1SCC(O)c1cccc(OC)c1. The molecule has 114 valence electrons. The van der Waals surface area contributed by atoms with Crippen LogP contribution < -0.4 is 10.1 Å². The van der Waals surface area contributed by atoms with Gasteiger partial charge in [-0.3, -0.25) is 0 Å². The van der Waals surface area contributed by atoms with Crippen LogP contribution in [0.5, 0.6) is 5.75 Å². The molecule has 1 aromatic carbocycles. The molecule has 0 bridgehead atoms. The van der Waals surface area contributed by atoms with Crippen molar-refractivity contribution in [2.45, 2.75) is 17.8 Å². The highest BCUT2D eigenvalue weighted by molar-refractivity contribution is 7.99. The number of aliphatic hydroxyl groups is 1. The molecule has 1 unspecified atom stereocenters. The van der Waals surface area contributed by atoms with Gasteiger partial charge < -0.3 is 15.2 Å². The fraction of sp³-hybridized carbons (Fsp3) is 0.462. The standard InChI is InChI=1S/C13H19N5O2S/c1-14-6-7-18-13(15-16-17-18)21-9-12(19)10-4-3-5-11(8-10)20-2/h3-5,8,12,14,19H,6-7,9H2,1-2H3. The maximum Gasteiger partial charge on any atom is 0.209 e. The number of rotatable bonds is 8. The number of tetrazole rings is 1. The lowest BCUT2D eigenvalue weighted by molar-refractivity contribution is 0.203. The van der Waals surface area contributed by atoms with Gasteiger partial charge >= 0.3 is 0 Å². The zero-order valence-electron chi connectivity index (χ0n) is 12.1. The van der Waals surface area contributed by atoms with Crippen molar-refractivity contribution >= 4 is 11.8 Å². The Balaban J connectivity index is 1.94. The van der Waals surface area contributed by atoms with Gasteiger partial charge in [-0.1, -0.05) is 23.9 Å². The molecule has 21 heavy (non-hydrogen) atoms. The summed E-state index contributed by atoms with van der Waals surface area (Å²) < 4.78 is 6.88. The number of thioether (sulfide) groups is 1. The number of likely N-dealkylation sites (N-methyl/N-ethyl adjacent to an activating group) is 1. The van der Waals surface area contributed by atoms with Crippen molar-refractivity contribution in [3.05, 3.63) is 29.8 Å². The normalized spacial score (nSPS) is 12.3. The second kappa shape index (κ2) is 7.96. The Morgan fingerprint density at radius 1 is 1.48 bits per heavy atom. The smallest absolute Gasteiger partial charge is 0.209 e. The Labute approximate surface area is 127 Å². The molecule has 2 aromatic rings. The molecular weight excluding hydrogens is 290 g/mol. The van der Waals surface area contributed by atoms with E-state index in [4.69, 9.17) is 4.74 Å². The van der Waals surface area contributed by atoms with Crippen LogP contribution in [0.2, 0.25) is 0 Å². The fourth-order valence-corrected chi connectivity index (χ4v) is 2.63. The summed E-state index contributed by atoms with van der Waals surface area (Å²) in [6.45, 7) is 1.48. The molecule has 0 saturated heterocycles. The molecule has 2 N–H and O–H groups in total. The van der Waals surface area contributed by atoms with E-state index in [2.05, 4.69) is 20.8 Å². The Kier molecular flexibility index (Phi) is 5.97. The first-order valence-corrected chi connectivity index (χ1v) is 7.58. The summed E-state index contributed by atoms with van der Waals surface area (Å²) in [4.78, 5) is 0. The lowest BCUT2D eigenvalue weighted by atomic mass is 10.1. The number of methoxy groups -OCH3 is 1. The number of hydrogen-bond acceptors (Lipinski definition) is 7. The topological polar surface area (TPSA) is 85.1 Å². The molecule has 8 heteroatoms. The van der Waals surface area contributed by atoms with E-state index >= 15 is 0 Å². The third-order valence-corrected chi connectivity index (χ3v) is 3.95. The third-order valence-electron chi connectivity index (χ3n) is 2.92. The molecule has 0 spiro atoms. The number of aromatic nitrogens is 4. The van der Waals surface area contributed by atoms with E-state index in [-0.39, 0.29) is 0 Å². The van der Waals surface area contributed by atoms with Crippen LogP contribution in [0.25, 0.3) is 0 Å². The molecule has 1 atom stereocenters. The maximum atomic E-state index is 10.2. The Hall–Kier alpha value is -1.64. The van der Waals surface area contributed by atoms with Gasteiger partial charge in [-0.05, 0) is 35.2 Å². The van der Waals surface area contributed by atoms with Crippen LogP contribution in [-0.2, 0) is 6.54 Å². The van der Waals surface area contributed by atoms with E-state index in [1.807, 2.05) is 31.3 Å². The van der Waals surface area contributed by atoms with Gasteiger partial charge in [0.2, 0.25) is 5.16 Å². The first-order chi connectivity index (χ1) is 10.2. The molecule has 0 aliphatic heterocycles. The second-order valence-corrected chi connectivity index (χ2v) is 5.38. The first-order valence-electron chi connectivity index (χ1n) is 6.60. The highest BCUT2D eigenvalue weighted by Gasteiger charge is 2.12. The first kappa shape index (κ1) is 15.7. The molecule has 0 fully saturated rings. The summed E-state index contributed by atoms with van der Waals surface area (Å²) in [7, 11) is 3.49. The van der Waals surface area contributed by atoms with Gasteiger partial charge in [0, 0.05) is 12.3 Å². The molecular formula is C13H19N5O2S. The highest BCUT2D eigenvalue weighted by Crippen LogP contribution is 2.25. The van der Waals surface area contributed by atoms with Crippen LogP contribution >= 0.6 is 11.8 Å². The van der Waals surface area contributed by atoms with Crippen molar-refractivity contribution in [1.82, 2.24) is 25.5 Å². The fourth-order valence-electron chi connectivity index (χ4n) is 1.76. The van der Waals surface area contributed by atoms with Crippen molar-refractivity contribution in [1.29, 1.82) is 0 Å². The van der Waals surface area contributed by atoms with Crippen LogP contribution in [0.15, 0.2) is 29.4 Å². The number of ether oxygens (including phenoxy) is 1. The summed E-state index contributed by atoms with van der Waals surface area (Å²) in [6, 6.07) is 7.41. The van der Waals surface area contributed by atoms with Gasteiger partial charge in [-0.25, -0.2) is 4.68 Å². The average molecular weight is 309 g/mol. The van der Waals surface area contributed by atoms with Crippen molar-refractivity contribution in [3.8, 4) is 5.75 Å². The lowest BCUT2D eigenvalue weighted by Gasteiger charge is -2.11. The van der Waals surface area contributed by atoms with Crippen LogP contribution in [0.1, 0.15) is 11.7 Å². The molecule has 0 radical (unpaired) electrons. The van der Waals surface area contributed by atoms with Crippen LogP contribution in [-0.4, -0.2) is 51.8 Å². The molecule has 0 aliphatic rings. The monoisotopic (exact) mass is 309 g/mol. The number of hydrogen-bond donors (Lipinski definition) is 2. The van der Waals surface area contributed by atoms with Gasteiger partial charge in [0.25, 0.3) is 0 Å². The molecule has 7 nitrogen and oxygen atoms in total. The van der Waals surface area contributed by atoms with E-state index < -0.39 is 6.10 Å². The third kappa shape index (κ3) is 4.42. The lowest BCUT2D eigenvalue weighted by Crippen LogP contribution is -2.16. The van der Waals surface area contributed by atoms with Crippen molar-refractivity contribution in [2.75, 3.05) is 26.5 Å². The minimum Gasteiger partial charge on any atom is -0.497 e. The van der Waals surface area contributed by atoms with E-state index in [1.165, 1.54) is 11.8 Å². The zero-order chi connectivity index (χ0) is 15.1. The Morgan fingerprint density at radius 3 is 3.10 bits per heavy atom. The minimum absolute atomic E-state index is 0.479. The molecule has 2 rings (SSSR count). The van der Waals surface area contributed by atoms with E-state index in [0.29, 0.717) is 17.5 Å². The molecule has 0 saturated carbocycles. The Morgan fingerprint density at radius 2 is 2.33 bits per heavy atom. The number of nitrogens with zero attached hydrogens (tertiary/aromatic N) is 4. The van der Waals surface area contributed by atoms with E-state index in [1.54, 1.807) is 11.8 Å². The van der Waals surface area contributed by atoms with Crippen molar-refractivity contribution in [2.24, 2.45) is 0 Å². The predicted octanol–water partition coefficient (Wildman–Crippen LogP) is 0.727. The summed E-state index contributed by atoms with van der Waals surface area (Å²) in [6.07, 6.45) is -0.598. The van der Waals surface area contributed by atoms with Gasteiger partial charge in [0.15, 0.2) is 0 Å². The van der Waals surface area contributed by atoms with Gasteiger partial charge in [-0.15, -0.1) is 5.10 Å². The number of nitrogens with one attached hydrogen (secondary N) is 1. The predicted molar refractivity (Wildman–Crippen MR) is 80.4 cm³/mol. The van der Waals surface area contributed by atoms with E-state index in [0.717, 1.165) is 17.9 Å². The number of aliphatic hydroxyl groups excluding tert-OH is 1. The highest BCUT2D eigenvalue weighted by atomic mass is 32.2.